The van der Waals surface area contributed by atoms with Crippen molar-refractivity contribution < 1.29 is 35.6 Å². The molecular weight excluding hydrogens is 599 g/mol. The van der Waals surface area contributed by atoms with Gasteiger partial charge in [-0.15, -0.1) is 0 Å². The molecule has 0 atom stereocenters. The third-order valence-electron chi connectivity index (χ3n) is 6.67. The number of carbonyl (C=O) groups excluding carboxylic acids is 2. The van der Waals surface area contributed by atoms with Gasteiger partial charge in [-0.3, -0.25) is 9.59 Å². The Balaban J connectivity index is 1.49. The highest BCUT2D eigenvalue weighted by Crippen LogP contribution is 2.36. The molecule has 1 fully saturated rings. The van der Waals surface area contributed by atoms with Crippen molar-refractivity contribution in [1.29, 1.82) is 0 Å². The van der Waals surface area contributed by atoms with Gasteiger partial charge >= 0.3 is 6.18 Å². The van der Waals surface area contributed by atoms with Crippen LogP contribution in [-0.4, -0.2) is 43.0 Å². The van der Waals surface area contributed by atoms with Gasteiger partial charge < -0.3 is 14.6 Å². The van der Waals surface area contributed by atoms with E-state index in [1.807, 2.05) is 0 Å². The number of benzene rings is 2. The highest BCUT2D eigenvalue weighted by Gasteiger charge is 2.33. The highest BCUT2D eigenvalue weighted by atomic mass is 35.5. The van der Waals surface area contributed by atoms with Crippen molar-refractivity contribution in [3.63, 3.8) is 0 Å². The van der Waals surface area contributed by atoms with Crippen LogP contribution in [0.5, 0.6) is 0 Å². The standard InChI is InChI=1S/C27H23ClF3N5O5S/c28-21-6-4-18(13-20(21)27(29,30)31)36-15-16(14-33-36)25(37)19-12-17(35-10-2-1-3-11-35)5-7-22(19)34-26(38)23-8-9-24(41-23)42(32,39)40/h4-9,12-15H,1-3,10-11H2,(H,34,38)(H2,32,39,40). The van der Waals surface area contributed by atoms with E-state index in [0.29, 0.717) is 0 Å². The van der Waals surface area contributed by atoms with Crippen molar-refractivity contribution in [3.8, 4) is 5.69 Å². The number of hydrogen-bond acceptors (Lipinski definition) is 7. The van der Waals surface area contributed by atoms with E-state index >= 15 is 0 Å². The summed E-state index contributed by atoms with van der Waals surface area (Å²) in [6.45, 7) is 1.55. The van der Waals surface area contributed by atoms with Crippen LogP contribution in [0.1, 0.15) is 51.3 Å². The number of aromatic nitrogens is 2. The summed E-state index contributed by atoms with van der Waals surface area (Å²) >= 11 is 5.72. The number of nitrogens with two attached hydrogens (primary N) is 1. The molecule has 1 aliphatic rings. The lowest BCUT2D eigenvalue weighted by molar-refractivity contribution is -0.137. The summed E-state index contributed by atoms with van der Waals surface area (Å²) in [4.78, 5) is 28.7. The fourth-order valence-corrected chi connectivity index (χ4v) is 5.26. The second-order valence-electron chi connectivity index (χ2n) is 9.56. The summed E-state index contributed by atoms with van der Waals surface area (Å²) in [5.41, 5.74) is -0.0587. The number of rotatable bonds is 7. The van der Waals surface area contributed by atoms with Gasteiger partial charge in [-0.05, 0) is 67.8 Å². The van der Waals surface area contributed by atoms with Gasteiger partial charge in [0.1, 0.15) is 0 Å². The van der Waals surface area contributed by atoms with E-state index in [9.17, 15) is 31.2 Å². The van der Waals surface area contributed by atoms with Gasteiger partial charge in [-0.25, -0.2) is 18.2 Å². The smallest absolute Gasteiger partial charge is 0.417 e. The van der Waals surface area contributed by atoms with Crippen molar-refractivity contribution in [2.24, 2.45) is 5.14 Å². The Morgan fingerprint density at radius 1 is 1.00 bits per heavy atom. The molecule has 1 amide bonds. The molecule has 10 nitrogen and oxygen atoms in total. The highest BCUT2D eigenvalue weighted by molar-refractivity contribution is 7.89. The first-order valence-corrected chi connectivity index (χ1v) is 14.5. The zero-order chi connectivity index (χ0) is 30.2. The molecule has 1 aliphatic heterocycles. The van der Waals surface area contributed by atoms with Crippen molar-refractivity contribution in [2.45, 2.75) is 30.5 Å². The predicted molar refractivity (Wildman–Crippen MR) is 148 cm³/mol. The van der Waals surface area contributed by atoms with Crippen LogP contribution in [0.15, 0.2) is 70.4 Å². The number of amides is 1. The summed E-state index contributed by atoms with van der Waals surface area (Å²) in [6, 6.07) is 10.3. The lowest BCUT2D eigenvalue weighted by Crippen LogP contribution is -2.29. The Bertz CT molecular complexity index is 1780. The van der Waals surface area contributed by atoms with E-state index in [0.717, 1.165) is 67.0 Å². The van der Waals surface area contributed by atoms with Gasteiger partial charge in [0.15, 0.2) is 11.5 Å². The number of nitrogens with one attached hydrogen (secondary N) is 1. The summed E-state index contributed by atoms with van der Waals surface area (Å²) < 4.78 is 69.4. The molecule has 0 spiro atoms. The monoisotopic (exact) mass is 621 g/mol. The second-order valence-corrected chi connectivity index (χ2v) is 11.5. The van der Waals surface area contributed by atoms with Crippen molar-refractivity contribution in [2.75, 3.05) is 23.3 Å². The first-order chi connectivity index (χ1) is 19.8. The Hall–Kier alpha value is -4.14. The third-order valence-corrected chi connectivity index (χ3v) is 7.78. The number of primary sulfonamides is 1. The first kappa shape index (κ1) is 29.4. The quantitative estimate of drug-likeness (QED) is 0.268. The maximum absolute atomic E-state index is 13.7. The molecule has 3 N–H and O–H groups in total. The molecule has 0 saturated carbocycles. The average Bonchev–Trinajstić information content (AvgIpc) is 3.64. The van der Waals surface area contributed by atoms with Gasteiger partial charge in [0, 0.05) is 30.5 Å². The number of sulfonamides is 1. The van der Waals surface area contributed by atoms with Crippen LogP contribution in [0, 0.1) is 0 Å². The van der Waals surface area contributed by atoms with Crippen LogP contribution in [-0.2, 0) is 16.2 Å². The molecule has 2 aromatic carbocycles. The summed E-state index contributed by atoms with van der Waals surface area (Å²) in [7, 11) is -4.18. The average molecular weight is 622 g/mol. The van der Waals surface area contributed by atoms with Gasteiger partial charge in [-0.1, -0.05) is 11.6 Å². The maximum atomic E-state index is 13.7. The van der Waals surface area contributed by atoms with Crippen molar-refractivity contribution in [3.05, 3.63) is 88.4 Å². The van der Waals surface area contributed by atoms with E-state index in [1.165, 1.54) is 24.5 Å². The van der Waals surface area contributed by atoms with Crippen LogP contribution < -0.4 is 15.4 Å². The molecule has 0 unspecified atom stereocenters. The van der Waals surface area contributed by atoms with Crippen molar-refractivity contribution in [1.82, 2.24) is 9.78 Å². The van der Waals surface area contributed by atoms with E-state index in [4.69, 9.17) is 21.2 Å². The molecule has 42 heavy (non-hydrogen) atoms. The number of anilines is 2. The van der Waals surface area contributed by atoms with Gasteiger partial charge in [0.2, 0.25) is 5.09 Å². The Kier molecular flexibility index (Phi) is 7.88. The molecule has 15 heteroatoms. The van der Waals surface area contributed by atoms with Crippen LogP contribution >= 0.6 is 11.6 Å². The lowest BCUT2D eigenvalue weighted by atomic mass is 10.0. The minimum Gasteiger partial charge on any atom is -0.438 e. The molecular formula is C27H23ClF3N5O5S. The maximum Gasteiger partial charge on any atom is 0.417 e. The molecule has 0 aliphatic carbocycles. The van der Waals surface area contributed by atoms with E-state index in [2.05, 4.69) is 15.3 Å². The van der Waals surface area contributed by atoms with E-state index < -0.39 is 43.6 Å². The summed E-state index contributed by atoms with van der Waals surface area (Å²) in [5.74, 6) is -1.75. The summed E-state index contributed by atoms with van der Waals surface area (Å²) in [6.07, 6.45) is 0.814. The number of nitrogens with zero attached hydrogens (tertiary/aromatic N) is 3. The number of halogens is 4. The molecule has 3 heterocycles. The molecule has 5 rings (SSSR count). The Labute approximate surface area is 242 Å². The van der Waals surface area contributed by atoms with Gasteiger partial charge in [-0.2, -0.15) is 18.3 Å². The van der Waals surface area contributed by atoms with E-state index in [1.54, 1.807) is 12.1 Å². The van der Waals surface area contributed by atoms with E-state index in [-0.39, 0.29) is 28.3 Å². The molecule has 2 aromatic heterocycles. The van der Waals surface area contributed by atoms with Gasteiger partial charge in [0.25, 0.3) is 15.9 Å². The number of ketones is 1. The fourth-order valence-electron chi connectivity index (χ4n) is 4.57. The molecule has 0 bridgehead atoms. The van der Waals surface area contributed by atoms with Crippen LogP contribution in [0.4, 0.5) is 24.5 Å². The Morgan fingerprint density at radius 3 is 2.38 bits per heavy atom. The topological polar surface area (TPSA) is 141 Å². The third kappa shape index (κ3) is 6.20. The molecule has 220 valence electrons. The predicted octanol–water partition coefficient (Wildman–Crippen LogP) is 5.26. The van der Waals surface area contributed by atoms with Crippen molar-refractivity contribution >= 4 is 44.7 Å². The molecule has 0 radical (unpaired) electrons. The second kappa shape index (κ2) is 11.3. The zero-order valence-corrected chi connectivity index (χ0v) is 23.3. The SMILES string of the molecule is NS(=O)(=O)c1ccc(C(=O)Nc2ccc(N3CCCCC3)cc2C(=O)c2cnn(-c3ccc(Cl)c(C(F)(F)F)c3)c2)o1. The number of hydrogen-bond donors (Lipinski definition) is 2. The number of piperidine rings is 1. The Morgan fingerprint density at radius 2 is 1.71 bits per heavy atom. The van der Waals surface area contributed by atoms with Crippen LogP contribution in [0.25, 0.3) is 5.69 Å². The van der Waals surface area contributed by atoms with Crippen LogP contribution in [0.2, 0.25) is 5.02 Å². The van der Waals surface area contributed by atoms with Crippen LogP contribution in [0.3, 0.4) is 0 Å². The molecule has 4 aromatic rings. The van der Waals surface area contributed by atoms with Gasteiger partial charge in [0.05, 0.1) is 33.7 Å². The zero-order valence-electron chi connectivity index (χ0n) is 21.7. The largest absolute Gasteiger partial charge is 0.438 e. The minimum atomic E-state index is -4.69. The fraction of sp³-hybridized carbons (Fsp3) is 0.222. The summed E-state index contributed by atoms with van der Waals surface area (Å²) in [5, 5.41) is 10.6. The number of alkyl halides is 3. The number of carbonyl (C=O) groups is 2. The first-order valence-electron chi connectivity index (χ1n) is 12.6. The lowest BCUT2D eigenvalue weighted by Gasteiger charge is -2.29. The molecule has 1 saturated heterocycles. The minimum absolute atomic E-state index is 0.0323. The normalized spacial score (nSPS) is 14.2. The number of furan rings is 1.